The first-order chi connectivity index (χ1) is 13.6. The van der Waals surface area contributed by atoms with Crippen LogP contribution in [0.1, 0.15) is 38.3 Å². The third kappa shape index (κ3) is 2.93. The fourth-order valence-corrected chi connectivity index (χ4v) is 3.18. The van der Waals surface area contributed by atoms with E-state index >= 15 is 0 Å². The standard InChI is InChI=1S/C20H13F4N3O2/c1-8-5-4-6-9(2)12(8)19(28)13-10(3)26-27(20(13)29)18-16(23)14(21)11(7-25)15(22)17(18)24/h4-6,26H,1-3H3. The quantitative estimate of drug-likeness (QED) is 0.411. The smallest absolute Gasteiger partial charge is 0.282 e. The van der Waals surface area contributed by atoms with Crippen molar-refractivity contribution in [3.05, 3.63) is 85.3 Å². The second-order valence-corrected chi connectivity index (χ2v) is 6.44. The number of nitrogens with one attached hydrogen (secondary N) is 1. The number of nitriles is 1. The van der Waals surface area contributed by atoms with Gasteiger partial charge in [0.1, 0.15) is 22.9 Å². The predicted molar refractivity (Wildman–Crippen MR) is 95.0 cm³/mol. The molecular formula is C20H13F4N3O2. The van der Waals surface area contributed by atoms with Gasteiger partial charge in [-0.15, -0.1) is 0 Å². The van der Waals surface area contributed by atoms with Crippen LogP contribution in [0, 0.1) is 55.4 Å². The molecule has 2 aromatic carbocycles. The van der Waals surface area contributed by atoms with Crippen molar-refractivity contribution in [3.63, 3.8) is 0 Å². The summed E-state index contributed by atoms with van der Waals surface area (Å²) in [5.41, 5.74) is -3.10. The number of rotatable bonds is 3. The topological polar surface area (TPSA) is 78.7 Å². The first kappa shape index (κ1) is 20.1. The Bertz CT molecular complexity index is 1230. The fraction of sp³-hybridized carbons (Fsp3) is 0.150. The highest BCUT2D eigenvalue weighted by molar-refractivity contribution is 6.11. The molecule has 0 aliphatic rings. The van der Waals surface area contributed by atoms with Gasteiger partial charge in [0.25, 0.3) is 5.56 Å². The van der Waals surface area contributed by atoms with Crippen LogP contribution in [0.3, 0.4) is 0 Å². The zero-order chi connectivity index (χ0) is 21.6. The summed E-state index contributed by atoms with van der Waals surface area (Å²) in [7, 11) is 0. The van der Waals surface area contributed by atoms with Gasteiger partial charge in [0.15, 0.2) is 23.3 Å². The summed E-state index contributed by atoms with van der Waals surface area (Å²) >= 11 is 0. The summed E-state index contributed by atoms with van der Waals surface area (Å²) in [6.07, 6.45) is 0. The van der Waals surface area contributed by atoms with Crippen molar-refractivity contribution in [2.45, 2.75) is 20.8 Å². The van der Waals surface area contributed by atoms with Gasteiger partial charge >= 0.3 is 0 Å². The third-order valence-electron chi connectivity index (χ3n) is 4.58. The second kappa shape index (κ2) is 7.05. The molecule has 148 valence electrons. The van der Waals surface area contributed by atoms with Gasteiger partial charge < -0.3 is 0 Å². The number of hydrogen-bond donors (Lipinski definition) is 1. The van der Waals surface area contributed by atoms with Crippen LogP contribution in [0.5, 0.6) is 0 Å². The number of aromatic amines is 1. The van der Waals surface area contributed by atoms with Crippen LogP contribution in [0.4, 0.5) is 17.6 Å². The minimum absolute atomic E-state index is 0.0494. The Hall–Kier alpha value is -3.67. The molecule has 29 heavy (non-hydrogen) atoms. The molecule has 0 bridgehead atoms. The van der Waals surface area contributed by atoms with Crippen LogP contribution in [-0.4, -0.2) is 15.6 Å². The van der Waals surface area contributed by atoms with Crippen molar-refractivity contribution < 1.29 is 22.4 Å². The van der Waals surface area contributed by atoms with Crippen molar-refractivity contribution >= 4 is 5.78 Å². The Balaban J connectivity index is 2.30. The van der Waals surface area contributed by atoms with E-state index < -0.39 is 51.4 Å². The number of H-pyrrole nitrogens is 1. The van der Waals surface area contributed by atoms with Gasteiger partial charge in [0.05, 0.1) is 0 Å². The third-order valence-corrected chi connectivity index (χ3v) is 4.58. The van der Waals surface area contributed by atoms with Crippen LogP contribution >= 0.6 is 0 Å². The Labute approximate surface area is 161 Å². The zero-order valence-electron chi connectivity index (χ0n) is 15.5. The number of aryl methyl sites for hydroxylation is 3. The van der Waals surface area contributed by atoms with E-state index in [1.54, 1.807) is 32.0 Å². The van der Waals surface area contributed by atoms with E-state index in [2.05, 4.69) is 5.10 Å². The van der Waals surface area contributed by atoms with Crippen molar-refractivity contribution in [2.24, 2.45) is 0 Å². The Morgan fingerprint density at radius 3 is 1.97 bits per heavy atom. The first-order valence-electron chi connectivity index (χ1n) is 8.30. The molecule has 0 fully saturated rings. The lowest BCUT2D eigenvalue weighted by Crippen LogP contribution is -2.24. The number of carbonyl (C=O) groups excluding carboxylic acids is 1. The van der Waals surface area contributed by atoms with E-state index in [0.29, 0.717) is 11.1 Å². The highest BCUT2D eigenvalue weighted by Gasteiger charge is 2.30. The molecule has 0 aliphatic heterocycles. The molecule has 0 atom stereocenters. The monoisotopic (exact) mass is 403 g/mol. The number of halogens is 4. The van der Waals surface area contributed by atoms with Gasteiger partial charge in [-0.05, 0) is 31.9 Å². The number of ketones is 1. The Morgan fingerprint density at radius 1 is 0.966 bits per heavy atom. The molecule has 0 saturated heterocycles. The van der Waals surface area contributed by atoms with Crippen LogP contribution in [0.15, 0.2) is 23.0 Å². The van der Waals surface area contributed by atoms with E-state index in [4.69, 9.17) is 5.26 Å². The highest BCUT2D eigenvalue weighted by Crippen LogP contribution is 2.26. The maximum absolute atomic E-state index is 14.4. The lowest BCUT2D eigenvalue weighted by Gasteiger charge is -2.08. The summed E-state index contributed by atoms with van der Waals surface area (Å²) < 4.78 is 56.8. The van der Waals surface area contributed by atoms with Gasteiger partial charge in [-0.1, -0.05) is 18.2 Å². The second-order valence-electron chi connectivity index (χ2n) is 6.44. The van der Waals surface area contributed by atoms with Crippen molar-refractivity contribution in [3.8, 4) is 11.8 Å². The average molecular weight is 403 g/mol. The SMILES string of the molecule is Cc1cccc(C)c1C(=O)c1c(C)[nH]n(-c2c(F)c(F)c(C#N)c(F)c2F)c1=O. The molecule has 0 unspecified atom stereocenters. The number of benzene rings is 2. The number of carbonyl (C=O) groups is 1. The lowest BCUT2D eigenvalue weighted by atomic mass is 9.95. The number of hydrogen-bond acceptors (Lipinski definition) is 3. The summed E-state index contributed by atoms with van der Waals surface area (Å²) in [6.45, 7) is 4.63. The van der Waals surface area contributed by atoms with E-state index in [1.165, 1.54) is 6.92 Å². The molecular weight excluding hydrogens is 390 g/mol. The molecule has 1 heterocycles. The zero-order valence-corrected chi connectivity index (χ0v) is 15.5. The molecule has 0 spiro atoms. The normalized spacial score (nSPS) is 10.8. The molecule has 3 rings (SSSR count). The summed E-state index contributed by atoms with van der Waals surface area (Å²) in [5, 5.41) is 11.0. The molecule has 5 nitrogen and oxygen atoms in total. The molecule has 1 aromatic heterocycles. The molecule has 1 N–H and O–H groups in total. The number of nitrogens with zero attached hydrogens (tertiary/aromatic N) is 2. The molecule has 9 heteroatoms. The van der Waals surface area contributed by atoms with E-state index in [0.717, 1.165) is 6.07 Å². The Kier molecular flexibility index (Phi) is 4.88. The predicted octanol–water partition coefficient (Wildman–Crippen LogP) is 3.75. The van der Waals surface area contributed by atoms with Crippen LogP contribution < -0.4 is 5.56 Å². The van der Waals surface area contributed by atoms with E-state index in [9.17, 15) is 27.2 Å². The van der Waals surface area contributed by atoms with Crippen LogP contribution in [0.2, 0.25) is 0 Å². The van der Waals surface area contributed by atoms with Gasteiger partial charge in [-0.2, -0.15) is 5.26 Å². The molecule has 0 radical (unpaired) electrons. The maximum atomic E-state index is 14.4. The summed E-state index contributed by atoms with van der Waals surface area (Å²) in [4.78, 5) is 25.7. The largest absolute Gasteiger partial charge is 0.294 e. The van der Waals surface area contributed by atoms with Crippen molar-refractivity contribution in [2.75, 3.05) is 0 Å². The van der Waals surface area contributed by atoms with Crippen molar-refractivity contribution in [1.82, 2.24) is 9.78 Å². The first-order valence-corrected chi connectivity index (χ1v) is 8.30. The fourth-order valence-electron chi connectivity index (χ4n) is 3.18. The maximum Gasteiger partial charge on any atom is 0.282 e. The minimum atomic E-state index is -1.94. The number of aromatic nitrogens is 2. The molecule has 0 aliphatic carbocycles. The van der Waals surface area contributed by atoms with E-state index in [-0.39, 0.29) is 15.9 Å². The highest BCUT2D eigenvalue weighted by atomic mass is 19.2. The van der Waals surface area contributed by atoms with Gasteiger partial charge in [0, 0.05) is 11.3 Å². The van der Waals surface area contributed by atoms with E-state index in [1.807, 2.05) is 0 Å². The van der Waals surface area contributed by atoms with Crippen LogP contribution in [0.25, 0.3) is 5.69 Å². The molecule has 0 amide bonds. The summed E-state index contributed by atoms with van der Waals surface area (Å²) in [5.74, 6) is -8.45. The van der Waals surface area contributed by atoms with Gasteiger partial charge in [0.2, 0.25) is 5.78 Å². The average Bonchev–Trinajstić information content (AvgIpc) is 2.94. The molecule has 0 saturated carbocycles. The van der Waals surface area contributed by atoms with Gasteiger partial charge in [-0.3, -0.25) is 14.7 Å². The lowest BCUT2D eigenvalue weighted by molar-refractivity contribution is 0.103. The van der Waals surface area contributed by atoms with Crippen molar-refractivity contribution in [1.29, 1.82) is 5.26 Å². The summed E-state index contributed by atoms with van der Waals surface area (Å²) in [6, 6.07) is 6.06. The Morgan fingerprint density at radius 2 is 1.48 bits per heavy atom. The minimum Gasteiger partial charge on any atom is -0.294 e. The van der Waals surface area contributed by atoms with Gasteiger partial charge in [-0.25, -0.2) is 22.2 Å². The molecule has 3 aromatic rings. The van der Waals surface area contributed by atoms with Crippen LogP contribution in [-0.2, 0) is 0 Å².